The Balaban J connectivity index is 1.73. The fraction of sp³-hybridized carbons (Fsp3) is 0.833. The van der Waals surface area contributed by atoms with Crippen molar-refractivity contribution in [2.45, 2.75) is 25.7 Å². The molecule has 0 saturated heterocycles. The first-order chi connectivity index (χ1) is 7.81. The molecule has 1 saturated carbocycles. The van der Waals surface area contributed by atoms with Gasteiger partial charge in [-0.2, -0.15) is 0 Å². The van der Waals surface area contributed by atoms with Crippen LogP contribution >= 0.6 is 0 Å². The zero-order chi connectivity index (χ0) is 11.1. The van der Waals surface area contributed by atoms with E-state index in [2.05, 4.69) is 10.3 Å². The lowest BCUT2D eigenvalue weighted by atomic mass is 10.0. The van der Waals surface area contributed by atoms with Gasteiger partial charge in [-0.1, -0.05) is 5.21 Å². The first kappa shape index (κ1) is 10.3. The van der Waals surface area contributed by atoms with Crippen LogP contribution in [-0.2, 0) is 24.6 Å². The van der Waals surface area contributed by atoms with Crippen LogP contribution < -0.4 is 0 Å². The number of aromatic nitrogens is 3. The number of hydrogen-bond donors (Lipinski definition) is 0. The predicted molar refractivity (Wildman–Crippen MR) is 60.0 cm³/mol. The smallest absolute Gasteiger partial charge is 0.0859 e. The molecule has 88 valence electrons. The summed E-state index contributed by atoms with van der Waals surface area (Å²) in [6, 6.07) is 0. The molecule has 2 aliphatic rings. The minimum atomic E-state index is 0.812. The first-order valence-corrected chi connectivity index (χ1v) is 6.17. The van der Waals surface area contributed by atoms with Gasteiger partial charge in [0.05, 0.1) is 11.4 Å². The summed E-state index contributed by atoms with van der Waals surface area (Å²) in [7, 11) is 3.82. The standard InChI is InChI=1S/C12H19N3O/c1-15-12-6-4-9-8(10(9)7-16-2)3-5-11(12)13-14-15/h8-10H,3-7H2,1-2H3/t8?,9?,10-/m0/s1. The SMILES string of the molecule is COC[C@H]1C2CCc3nnn(C)c3CCC21. The van der Waals surface area contributed by atoms with E-state index in [0.29, 0.717) is 0 Å². The molecule has 16 heavy (non-hydrogen) atoms. The van der Waals surface area contributed by atoms with E-state index in [1.54, 1.807) is 0 Å². The monoisotopic (exact) mass is 221 g/mol. The Hall–Kier alpha value is -0.900. The fourth-order valence-corrected chi connectivity index (χ4v) is 3.35. The van der Waals surface area contributed by atoms with Gasteiger partial charge in [0.2, 0.25) is 0 Å². The first-order valence-electron chi connectivity index (χ1n) is 6.17. The van der Waals surface area contributed by atoms with Crippen LogP contribution in [0.2, 0.25) is 0 Å². The molecule has 2 unspecified atom stereocenters. The second kappa shape index (κ2) is 3.84. The molecule has 0 N–H and O–H groups in total. The van der Waals surface area contributed by atoms with E-state index in [0.717, 1.165) is 37.2 Å². The van der Waals surface area contributed by atoms with Gasteiger partial charge >= 0.3 is 0 Å². The van der Waals surface area contributed by atoms with Gasteiger partial charge in [-0.25, -0.2) is 0 Å². The Morgan fingerprint density at radius 2 is 2.06 bits per heavy atom. The third-order valence-corrected chi connectivity index (χ3v) is 4.32. The molecule has 0 aromatic carbocycles. The van der Waals surface area contributed by atoms with E-state index in [1.807, 2.05) is 18.8 Å². The van der Waals surface area contributed by atoms with Crippen LogP contribution in [0.5, 0.6) is 0 Å². The van der Waals surface area contributed by atoms with Crippen molar-refractivity contribution in [2.75, 3.05) is 13.7 Å². The van der Waals surface area contributed by atoms with Crippen LogP contribution in [0, 0.1) is 17.8 Å². The van der Waals surface area contributed by atoms with Crippen LogP contribution in [0.25, 0.3) is 0 Å². The number of ether oxygens (including phenoxy) is 1. The number of rotatable bonds is 2. The Morgan fingerprint density at radius 1 is 1.31 bits per heavy atom. The molecule has 1 aromatic heterocycles. The summed E-state index contributed by atoms with van der Waals surface area (Å²) in [6.07, 6.45) is 4.79. The summed E-state index contributed by atoms with van der Waals surface area (Å²) in [5.41, 5.74) is 2.57. The highest BCUT2D eigenvalue weighted by molar-refractivity contribution is 5.14. The maximum atomic E-state index is 5.29. The van der Waals surface area contributed by atoms with Gasteiger partial charge in [-0.3, -0.25) is 4.68 Å². The van der Waals surface area contributed by atoms with E-state index in [1.165, 1.54) is 24.2 Å². The summed E-state index contributed by atoms with van der Waals surface area (Å²) >= 11 is 0. The Kier molecular flexibility index (Phi) is 2.46. The summed E-state index contributed by atoms with van der Waals surface area (Å²) in [5.74, 6) is 2.59. The van der Waals surface area contributed by atoms with Gasteiger partial charge in [-0.05, 0) is 43.4 Å². The summed E-state index contributed by atoms with van der Waals surface area (Å²) < 4.78 is 7.24. The molecule has 0 spiro atoms. The second-order valence-corrected chi connectivity index (χ2v) is 5.13. The molecule has 1 fully saturated rings. The Morgan fingerprint density at radius 3 is 2.81 bits per heavy atom. The molecule has 4 nitrogen and oxygen atoms in total. The van der Waals surface area contributed by atoms with Gasteiger partial charge in [0.15, 0.2) is 0 Å². The summed E-state index contributed by atoms with van der Waals surface area (Å²) in [6.45, 7) is 0.942. The minimum Gasteiger partial charge on any atom is -0.384 e. The van der Waals surface area contributed by atoms with Crippen LogP contribution in [0.1, 0.15) is 24.2 Å². The van der Waals surface area contributed by atoms with Gasteiger partial charge in [0, 0.05) is 20.8 Å². The van der Waals surface area contributed by atoms with Crippen LogP contribution in [0.3, 0.4) is 0 Å². The van der Waals surface area contributed by atoms with Crippen molar-refractivity contribution in [1.82, 2.24) is 15.0 Å². The molecule has 2 aliphatic carbocycles. The summed E-state index contributed by atoms with van der Waals surface area (Å²) in [4.78, 5) is 0. The van der Waals surface area contributed by atoms with Crippen LogP contribution in [0.15, 0.2) is 0 Å². The largest absolute Gasteiger partial charge is 0.384 e. The molecule has 0 radical (unpaired) electrons. The third-order valence-electron chi connectivity index (χ3n) is 4.32. The maximum Gasteiger partial charge on any atom is 0.0859 e. The van der Waals surface area contributed by atoms with Crippen molar-refractivity contribution in [3.05, 3.63) is 11.4 Å². The molecular weight excluding hydrogens is 202 g/mol. The van der Waals surface area contributed by atoms with Crippen molar-refractivity contribution >= 4 is 0 Å². The van der Waals surface area contributed by atoms with Crippen molar-refractivity contribution in [2.24, 2.45) is 24.8 Å². The van der Waals surface area contributed by atoms with Gasteiger partial charge in [-0.15, -0.1) is 5.10 Å². The lowest BCUT2D eigenvalue weighted by Crippen LogP contribution is -2.04. The second-order valence-electron chi connectivity index (χ2n) is 5.13. The Bertz CT molecular complexity index is 388. The van der Waals surface area contributed by atoms with Crippen LogP contribution in [0.4, 0.5) is 0 Å². The quantitative estimate of drug-likeness (QED) is 0.753. The number of methoxy groups -OCH3 is 1. The van der Waals surface area contributed by atoms with Crippen molar-refractivity contribution in [3.63, 3.8) is 0 Å². The minimum absolute atomic E-state index is 0.812. The maximum absolute atomic E-state index is 5.29. The lowest BCUT2D eigenvalue weighted by molar-refractivity contribution is 0.176. The van der Waals surface area contributed by atoms with Crippen molar-refractivity contribution in [1.29, 1.82) is 0 Å². The number of aryl methyl sites for hydroxylation is 2. The number of nitrogens with zero attached hydrogens (tertiary/aromatic N) is 3. The van der Waals surface area contributed by atoms with Gasteiger partial charge in [0.1, 0.15) is 0 Å². The van der Waals surface area contributed by atoms with Crippen molar-refractivity contribution < 1.29 is 4.74 Å². The average Bonchev–Trinajstić information content (AvgIpc) is 2.76. The zero-order valence-electron chi connectivity index (χ0n) is 10.0. The molecule has 0 bridgehead atoms. The van der Waals surface area contributed by atoms with E-state index in [-0.39, 0.29) is 0 Å². The highest BCUT2D eigenvalue weighted by atomic mass is 16.5. The van der Waals surface area contributed by atoms with Gasteiger partial charge in [0.25, 0.3) is 0 Å². The van der Waals surface area contributed by atoms with E-state index < -0.39 is 0 Å². The summed E-state index contributed by atoms with van der Waals surface area (Å²) in [5, 5.41) is 8.38. The average molecular weight is 221 g/mol. The predicted octanol–water partition coefficient (Wildman–Crippen LogP) is 1.20. The molecule has 1 aromatic rings. The van der Waals surface area contributed by atoms with E-state index in [9.17, 15) is 0 Å². The normalized spacial score (nSPS) is 32.5. The van der Waals surface area contributed by atoms with E-state index >= 15 is 0 Å². The molecule has 3 atom stereocenters. The van der Waals surface area contributed by atoms with Crippen LogP contribution in [-0.4, -0.2) is 28.7 Å². The molecule has 0 amide bonds. The number of fused-ring (bicyclic) bond motifs is 2. The fourth-order valence-electron chi connectivity index (χ4n) is 3.35. The topological polar surface area (TPSA) is 39.9 Å². The molecule has 0 aliphatic heterocycles. The highest BCUT2D eigenvalue weighted by Crippen LogP contribution is 2.52. The molecule has 1 heterocycles. The van der Waals surface area contributed by atoms with Gasteiger partial charge < -0.3 is 4.74 Å². The highest BCUT2D eigenvalue weighted by Gasteiger charge is 2.49. The lowest BCUT2D eigenvalue weighted by Gasteiger charge is -2.07. The molecular formula is C12H19N3O. The molecule has 3 rings (SSSR count). The van der Waals surface area contributed by atoms with E-state index in [4.69, 9.17) is 4.74 Å². The Labute approximate surface area is 96.0 Å². The third kappa shape index (κ3) is 1.56. The zero-order valence-corrected chi connectivity index (χ0v) is 10.0. The molecule has 4 heteroatoms. The van der Waals surface area contributed by atoms with Crippen molar-refractivity contribution in [3.8, 4) is 0 Å². The number of hydrogen-bond acceptors (Lipinski definition) is 3.